The predicted octanol–water partition coefficient (Wildman–Crippen LogP) is -1.04. The number of nitrogens with two attached hydrogens (primary N) is 1. The van der Waals surface area contributed by atoms with Gasteiger partial charge in [-0.3, -0.25) is 9.80 Å². The molecule has 1 aliphatic heterocycles. The van der Waals surface area contributed by atoms with E-state index in [2.05, 4.69) is 10.2 Å². The first-order valence-electron chi connectivity index (χ1n) is 4.64. The molecule has 1 heterocycles. The summed E-state index contributed by atoms with van der Waals surface area (Å²) in [4.78, 5) is 22.2. The van der Waals surface area contributed by atoms with Crippen molar-refractivity contribution in [2.45, 2.75) is 25.9 Å². The average Bonchev–Trinajstić information content (AvgIpc) is 2.52. The van der Waals surface area contributed by atoms with E-state index >= 15 is 0 Å². The molecule has 1 unspecified atom stereocenters. The summed E-state index contributed by atoms with van der Waals surface area (Å²) in [5.41, 5.74) is 8.07. The second-order valence-corrected chi connectivity index (χ2v) is 3.01. The van der Waals surface area contributed by atoms with E-state index in [4.69, 9.17) is 5.73 Å². The number of nitrogens with zero attached hydrogens (tertiary/aromatic N) is 1. The van der Waals surface area contributed by atoms with Crippen LogP contribution in [0.25, 0.3) is 0 Å². The molecule has 0 aromatic carbocycles. The van der Waals surface area contributed by atoms with Crippen molar-refractivity contribution < 1.29 is 14.3 Å². The number of esters is 1. The smallest absolute Gasteiger partial charge is 0.339 e. The third kappa shape index (κ3) is 2.68. The summed E-state index contributed by atoms with van der Waals surface area (Å²) in [6.07, 6.45) is 0.334. The van der Waals surface area contributed by atoms with Gasteiger partial charge >= 0.3 is 5.97 Å². The number of nitrogens with one attached hydrogen (secondary N) is 1. The summed E-state index contributed by atoms with van der Waals surface area (Å²) in [7, 11) is 0. The number of ether oxygens (including phenoxy) is 1. The zero-order chi connectivity index (χ0) is 10.6. The lowest BCUT2D eigenvalue weighted by Crippen LogP contribution is -2.54. The molecule has 1 aliphatic rings. The van der Waals surface area contributed by atoms with E-state index < -0.39 is 12.1 Å². The highest BCUT2D eigenvalue weighted by molar-refractivity contribution is 5.79. The van der Waals surface area contributed by atoms with Crippen LogP contribution in [0.4, 0.5) is 0 Å². The molecule has 1 saturated heterocycles. The molecule has 0 bridgehead atoms. The van der Waals surface area contributed by atoms with Crippen molar-refractivity contribution in [3.63, 3.8) is 0 Å². The highest BCUT2D eigenvalue weighted by Gasteiger charge is 2.24. The van der Waals surface area contributed by atoms with Crippen molar-refractivity contribution in [2.75, 3.05) is 13.2 Å². The molecular formula is C8H15N3O3. The van der Waals surface area contributed by atoms with Crippen molar-refractivity contribution >= 4 is 11.9 Å². The van der Waals surface area contributed by atoms with Crippen LogP contribution in [-0.2, 0) is 14.3 Å². The van der Waals surface area contributed by atoms with E-state index in [0.29, 0.717) is 13.0 Å². The molecule has 1 rings (SSSR count). The molecule has 1 amide bonds. The molecule has 14 heavy (non-hydrogen) atoms. The Balaban J connectivity index is 2.35. The van der Waals surface area contributed by atoms with Crippen LogP contribution in [-0.4, -0.2) is 36.2 Å². The van der Waals surface area contributed by atoms with Gasteiger partial charge in [0.25, 0.3) is 0 Å². The van der Waals surface area contributed by atoms with Gasteiger partial charge in [-0.2, -0.15) is 0 Å². The number of hydrogen-bond acceptors (Lipinski definition) is 5. The highest BCUT2D eigenvalue weighted by Crippen LogP contribution is 2.06. The Bertz CT molecular complexity index is 232. The highest BCUT2D eigenvalue weighted by atomic mass is 16.5. The summed E-state index contributed by atoms with van der Waals surface area (Å²) in [5, 5.41) is 1.36. The van der Waals surface area contributed by atoms with Crippen molar-refractivity contribution in [3.8, 4) is 0 Å². The average molecular weight is 201 g/mol. The second kappa shape index (κ2) is 4.92. The van der Waals surface area contributed by atoms with Crippen LogP contribution in [0.3, 0.4) is 0 Å². The number of carbonyl (C=O) groups is 2. The van der Waals surface area contributed by atoms with E-state index in [-0.39, 0.29) is 12.5 Å². The Labute approximate surface area is 82.3 Å². The minimum absolute atomic E-state index is 0.0373. The Morgan fingerprint density at radius 3 is 3.00 bits per heavy atom. The Kier molecular flexibility index (Phi) is 3.84. The van der Waals surface area contributed by atoms with E-state index in [1.54, 1.807) is 6.92 Å². The lowest BCUT2D eigenvalue weighted by atomic mass is 10.4. The van der Waals surface area contributed by atoms with Gasteiger partial charge < -0.3 is 10.5 Å². The first-order valence-corrected chi connectivity index (χ1v) is 4.64. The van der Waals surface area contributed by atoms with E-state index in [1.165, 1.54) is 5.01 Å². The van der Waals surface area contributed by atoms with Gasteiger partial charge in [-0.1, -0.05) is 0 Å². The first-order chi connectivity index (χ1) is 6.65. The summed E-state index contributed by atoms with van der Waals surface area (Å²) >= 11 is 0. The fourth-order valence-electron chi connectivity index (χ4n) is 1.24. The molecule has 6 nitrogen and oxygen atoms in total. The molecule has 6 heteroatoms. The van der Waals surface area contributed by atoms with Gasteiger partial charge in [0.05, 0.1) is 6.61 Å². The van der Waals surface area contributed by atoms with Crippen molar-refractivity contribution in [1.82, 2.24) is 10.4 Å². The molecule has 0 saturated carbocycles. The van der Waals surface area contributed by atoms with E-state index in [1.807, 2.05) is 0 Å². The number of carbonyl (C=O) groups excluding carboxylic acids is 2. The van der Waals surface area contributed by atoms with Crippen molar-refractivity contribution in [2.24, 2.45) is 5.73 Å². The third-order valence-corrected chi connectivity index (χ3v) is 1.91. The van der Waals surface area contributed by atoms with Crippen LogP contribution < -0.4 is 11.2 Å². The molecule has 0 radical (unpaired) electrons. The topological polar surface area (TPSA) is 84.7 Å². The van der Waals surface area contributed by atoms with Gasteiger partial charge in [0.2, 0.25) is 5.91 Å². The second-order valence-electron chi connectivity index (χ2n) is 3.01. The summed E-state index contributed by atoms with van der Waals surface area (Å²) < 4.78 is 4.68. The Hall–Kier alpha value is -1.14. The fourth-order valence-corrected chi connectivity index (χ4v) is 1.24. The van der Waals surface area contributed by atoms with E-state index in [0.717, 1.165) is 6.42 Å². The third-order valence-electron chi connectivity index (χ3n) is 1.91. The molecule has 80 valence electrons. The number of rotatable bonds is 4. The summed E-state index contributed by atoms with van der Waals surface area (Å²) in [6, 6.07) is 0. The van der Waals surface area contributed by atoms with Crippen LogP contribution in [0.2, 0.25) is 0 Å². The lowest BCUT2D eigenvalue weighted by molar-refractivity contribution is -0.148. The van der Waals surface area contributed by atoms with Gasteiger partial charge in [0, 0.05) is 13.0 Å². The van der Waals surface area contributed by atoms with Gasteiger partial charge in [0.1, 0.15) is 0 Å². The fraction of sp³-hybridized carbons (Fsp3) is 0.750. The van der Waals surface area contributed by atoms with Crippen LogP contribution in [0, 0.1) is 0 Å². The van der Waals surface area contributed by atoms with E-state index in [9.17, 15) is 9.59 Å². The SMILES string of the molecule is CCOC(=O)C(N)NN1CCCC1=O. The van der Waals surface area contributed by atoms with Gasteiger partial charge in [-0.05, 0) is 13.3 Å². The normalized spacial score (nSPS) is 18.4. The Morgan fingerprint density at radius 1 is 1.79 bits per heavy atom. The van der Waals surface area contributed by atoms with Crippen LogP contribution in [0.5, 0.6) is 0 Å². The van der Waals surface area contributed by atoms with Crippen molar-refractivity contribution in [1.29, 1.82) is 0 Å². The first kappa shape index (κ1) is 10.9. The predicted molar refractivity (Wildman–Crippen MR) is 48.7 cm³/mol. The molecule has 0 aliphatic carbocycles. The summed E-state index contributed by atoms with van der Waals surface area (Å²) in [5.74, 6) is -0.586. The molecule has 0 aromatic rings. The summed E-state index contributed by atoms with van der Waals surface area (Å²) in [6.45, 7) is 2.57. The minimum atomic E-state index is -0.961. The maximum Gasteiger partial charge on any atom is 0.339 e. The maximum atomic E-state index is 11.1. The van der Waals surface area contributed by atoms with Gasteiger partial charge in [0.15, 0.2) is 6.17 Å². The molecule has 3 N–H and O–H groups in total. The monoisotopic (exact) mass is 201 g/mol. The number of hydrazine groups is 1. The van der Waals surface area contributed by atoms with Crippen LogP contribution in [0.1, 0.15) is 19.8 Å². The zero-order valence-corrected chi connectivity index (χ0v) is 8.16. The number of hydrogen-bond donors (Lipinski definition) is 2. The molecule has 0 spiro atoms. The largest absolute Gasteiger partial charge is 0.464 e. The molecule has 1 fully saturated rings. The quantitative estimate of drug-likeness (QED) is 0.448. The lowest BCUT2D eigenvalue weighted by Gasteiger charge is -2.20. The van der Waals surface area contributed by atoms with Gasteiger partial charge in [-0.15, -0.1) is 0 Å². The van der Waals surface area contributed by atoms with Crippen LogP contribution in [0.15, 0.2) is 0 Å². The maximum absolute atomic E-state index is 11.1. The minimum Gasteiger partial charge on any atom is -0.464 e. The molecule has 1 atom stereocenters. The van der Waals surface area contributed by atoms with Gasteiger partial charge in [-0.25, -0.2) is 10.2 Å². The van der Waals surface area contributed by atoms with Crippen LogP contribution >= 0.6 is 0 Å². The molecular weight excluding hydrogens is 186 g/mol. The van der Waals surface area contributed by atoms with Crippen molar-refractivity contribution in [3.05, 3.63) is 0 Å². The Morgan fingerprint density at radius 2 is 2.50 bits per heavy atom. The number of amides is 1. The molecule has 0 aromatic heterocycles. The zero-order valence-electron chi connectivity index (χ0n) is 8.16. The standard InChI is InChI=1S/C8H15N3O3/c1-2-14-8(13)7(9)10-11-5-3-4-6(11)12/h7,10H,2-5,9H2,1H3.